The van der Waals surface area contributed by atoms with E-state index in [1.54, 1.807) is 20.8 Å². The van der Waals surface area contributed by atoms with E-state index in [-0.39, 0.29) is 42.9 Å². The first-order valence-corrected chi connectivity index (χ1v) is 14.2. The summed E-state index contributed by atoms with van der Waals surface area (Å²) in [5, 5.41) is 24.2. The Bertz CT molecular complexity index is 1030. The number of aliphatic hydroxyl groups excluding tert-OH is 2. The Labute approximate surface area is 228 Å². The second-order valence-electron chi connectivity index (χ2n) is 11.3. The van der Waals surface area contributed by atoms with Gasteiger partial charge in [0.05, 0.1) is 41.9 Å². The first-order valence-electron chi connectivity index (χ1n) is 13.3. The highest BCUT2D eigenvalue weighted by Crippen LogP contribution is 2.36. The summed E-state index contributed by atoms with van der Waals surface area (Å²) in [4.78, 5) is 41.7. The average Bonchev–Trinajstić information content (AvgIpc) is 3.43. The van der Waals surface area contributed by atoms with Crippen LogP contribution in [0.3, 0.4) is 0 Å². The van der Waals surface area contributed by atoms with Gasteiger partial charge in [0.2, 0.25) is 0 Å². The van der Waals surface area contributed by atoms with E-state index in [0.717, 1.165) is 24.8 Å². The van der Waals surface area contributed by atoms with Gasteiger partial charge in [-0.2, -0.15) is 0 Å². The molecule has 0 bridgehead atoms. The predicted molar refractivity (Wildman–Crippen MR) is 142 cm³/mol. The van der Waals surface area contributed by atoms with Crippen molar-refractivity contribution in [2.75, 3.05) is 0 Å². The van der Waals surface area contributed by atoms with Crippen LogP contribution in [0.5, 0.6) is 0 Å². The molecule has 38 heavy (non-hydrogen) atoms. The van der Waals surface area contributed by atoms with Gasteiger partial charge in [0.15, 0.2) is 0 Å². The molecule has 10 heteroatoms. The summed E-state index contributed by atoms with van der Waals surface area (Å²) in [6, 6.07) is 0. The van der Waals surface area contributed by atoms with Gasteiger partial charge in [-0.15, -0.1) is 11.3 Å². The van der Waals surface area contributed by atoms with E-state index in [9.17, 15) is 24.6 Å². The number of aliphatic hydroxyl groups is 2. The van der Waals surface area contributed by atoms with Crippen LogP contribution in [0.2, 0.25) is 0 Å². The van der Waals surface area contributed by atoms with Crippen LogP contribution in [0, 0.1) is 17.3 Å². The van der Waals surface area contributed by atoms with E-state index < -0.39 is 35.6 Å². The summed E-state index contributed by atoms with van der Waals surface area (Å²) in [7, 11) is 0. The summed E-state index contributed by atoms with van der Waals surface area (Å²) in [6.07, 6.45) is 1.69. The minimum atomic E-state index is -1.27. The number of ketones is 1. The van der Waals surface area contributed by atoms with Gasteiger partial charge in [0, 0.05) is 24.6 Å². The zero-order valence-corrected chi connectivity index (χ0v) is 24.0. The Morgan fingerprint density at radius 2 is 1.92 bits per heavy atom. The molecule has 0 saturated carbocycles. The van der Waals surface area contributed by atoms with Crippen LogP contribution in [0.15, 0.2) is 11.0 Å². The van der Waals surface area contributed by atoms with Crippen LogP contribution in [-0.2, 0) is 35.2 Å². The van der Waals surface area contributed by atoms with Crippen molar-refractivity contribution in [3.8, 4) is 0 Å². The Balaban J connectivity index is 1.79. The zero-order chi connectivity index (χ0) is 28.2. The molecule has 0 amide bonds. The van der Waals surface area contributed by atoms with Crippen molar-refractivity contribution >= 4 is 35.1 Å². The zero-order valence-electron chi connectivity index (χ0n) is 23.1. The van der Waals surface area contributed by atoms with Crippen LogP contribution in [-0.4, -0.2) is 63.4 Å². The molecule has 7 atom stereocenters. The van der Waals surface area contributed by atoms with E-state index in [2.05, 4.69) is 4.98 Å². The molecule has 3 rings (SSSR count). The first kappa shape index (κ1) is 30.4. The second-order valence-corrected chi connectivity index (χ2v) is 12.2. The molecule has 0 aliphatic carbocycles. The maximum atomic E-state index is 13.2. The molecule has 2 saturated heterocycles. The molecule has 0 aromatic carbocycles. The van der Waals surface area contributed by atoms with Gasteiger partial charge in [0.25, 0.3) is 0 Å². The minimum Gasteiger partial charge on any atom is -0.458 e. The summed E-state index contributed by atoms with van der Waals surface area (Å²) in [5.74, 6) is -2.03. The van der Waals surface area contributed by atoms with Crippen molar-refractivity contribution in [1.82, 2.24) is 4.98 Å². The number of fused-ring (bicyclic) bond motifs is 1. The molecule has 2 fully saturated rings. The first-order chi connectivity index (χ1) is 17.8. The molecule has 2 aliphatic heterocycles. The van der Waals surface area contributed by atoms with Crippen molar-refractivity contribution in [1.29, 1.82) is 0 Å². The number of epoxide rings is 1. The van der Waals surface area contributed by atoms with Crippen LogP contribution < -0.4 is 0 Å². The number of aromatic nitrogens is 1. The number of hydrogen-bond acceptors (Lipinski definition) is 10. The third-order valence-corrected chi connectivity index (χ3v) is 8.59. The van der Waals surface area contributed by atoms with Gasteiger partial charge in [-0.1, -0.05) is 34.1 Å². The molecule has 3 heterocycles. The minimum absolute atomic E-state index is 0.0545. The fourth-order valence-corrected chi connectivity index (χ4v) is 5.62. The maximum Gasteiger partial charge on any atom is 0.309 e. The second kappa shape index (κ2) is 12.8. The van der Waals surface area contributed by atoms with Crippen LogP contribution >= 0.6 is 11.3 Å². The SMILES string of the molecule is CC(=O)OCc1nc(/C=C(\C)[C@@H]2C[C@@H]3O[C@@H]3CCC[C@H](C)[C@H](O)[C@@H](C)C(=O)C(C)(C)[C@@H](O)CC(=O)O2)cs1. The summed E-state index contributed by atoms with van der Waals surface area (Å²) < 4.78 is 16.7. The Kier molecular flexibility index (Phi) is 10.2. The van der Waals surface area contributed by atoms with E-state index in [4.69, 9.17) is 14.2 Å². The molecule has 9 nitrogen and oxygen atoms in total. The largest absolute Gasteiger partial charge is 0.458 e. The van der Waals surface area contributed by atoms with Crippen LogP contribution in [0.25, 0.3) is 6.08 Å². The van der Waals surface area contributed by atoms with Gasteiger partial charge in [-0.3, -0.25) is 14.4 Å². The van der Waals surface area contributed by atoms with E-state index in [1.165, 1.54) is 18.3 Å². The number of carbonyl (C=O) groups is 3. The molecule has 0 spiro atoms. The van der Waals surface area contributed by atoms with Gasteiger partial charge in [0.1, 0.15) is 23.5 Å². The average molecular weight is 552 g/mol. The van der Waals surface area contributed by atoms with Gasteiger partial charge >= 0.3 is 11.9 Å². The standard InChI is InChI=1S/C28H41NO8S/c1-15-8-7-9-20-22(36-20)11-21(16(2)10-19-14-38-24(29-19)13-35-18(4)30)37-25(32)12-23(31)28(5,6)27(34)17(3)26(15)33/h10,14-15,17,20-23,26,31,33H,7-9,11-13H2,1-6H3/b16-10+/t15-,17+,20+,21-,22-,23-,26-/m0/s1. The number of nitrogens with zero attached hydrogens (tertiary/aromatic N) is 1. The quantitative estimate of drug-likeness (QED) is 0.422. The maximum absolute atomic E-state index is 13.2. The molecule has 2 N–H and O–H groups in total. The van der Waals surface area contributed by atoms with Crippen molar-refractivity contribution < 1.29 is 38.8 Å². The Morgan fingerprint density at radius 1 is 1.21 bits per heavy atom. The Hall–Kier alpha value is -2.14. The highest BCUT2D eigenvalue weighted by molar-refractivity contribution is 7.09. The van der Waals surface area contributed by atoms with E-state index in [0.29, 0.717) is 17.1 Å². The van der Waals surface area contributed by atoms with E-state index >= 15 is 0 Å². The topological polar surface area (TPSA) is 136 Å². The molecule has 0 radical (unpaired) electrons. The molecule has 212 valence electrons. The lowest BCUT2D eigenvalue weighted by molar-refractivity contribution is -0.154. The van der Waals surface area contributed by atoms with Crippen LogP contribution in [0.4, 0.5) is 0 Å². The molecule has 0 unspecified atom stereocenters. The number of carbonyl (C=O) groups excluding carboxylic acids is 3. The monoisotopic (exact) mass is 551 g/mol. The van der Waals surface area contributed by atoms with Crippen molar-refractivity contribution in [2.24, 2.45) is 17.3 Å². The van der Waals surface area contributed by atoms with Crippen LogP contribution in [0.1, 0.15) is 84.3 Å². The normalized spacial score (nSPS) is 33.3. The summed E-state index contributed by atoms with van der Waals surface area (Å²) in [5.41, 5.74) is 0.202. The fraction of sp³-hybridized carbons (Fsp3) is 0.714. The Morgan fingerprint density at radius 3 is 2.61 bits per heavy atom. The lowest BCUT2D eigenvalue weighted by Gasteiger charge is -2.34. The number of ether oxygens (including phenoxy) is 3. The molecule has 2 aliphatic rings. The number of rotatable bonds is 4. The third kappa shape index (κ3) is 7.94. The number of hydrogen-bond donors (Lipinski definition) is 2. The lowest BCUT2D eigenvalue weighted by Crippen LogP contribution is -2.45. The number of thiazole rings is 1. The predicted octanol–water partition coefficient (Wildman–Crippen LogP) is 3.84. The van der Waals surface area contributed by atoms with Crippen molar-refractivity contribution in [3.05, 3.63) is 21.7 Å². The molecular weight excluding hydrogens is 510 g/mol. The molecular formula is C28H41NO8S. The van der Waals surface area contributed by atoms with Crippen molar-refractivity contribution in [3.63, 3.8) is 0 Å². The lowest BCUT2D eigenvalue weighted by atomic mass is 9.73. The third-order valence-electron chi connectivity index (χ3n) is 7.74. The summed E-state index contributed by atoms with van der Waals surface area (Å²) >= 11 is 1.37. The van der Waals surface area contributed by atoms with Crippen molar-refractivity contribution in [2.45, 2.75) is 111 Å². The highest BCUT2D eigenvalue weighted by Gasteiger charge is 2.44. The smallest absolute Gasteiger partial charge is 0.309 e. The molecule has 1 aromatic heterocycles. The number of esters is 2. The van der Waals surface area contributed by atoms with Gasteiger partial charge < -0.3 is 24.4 Å². The highest BCUT2D eigenvalue weighted by atomic mass is 32.1. The summed E-state index contributed by atoms with van der Waals surface area (Å²) in [6.45, 7) is 10.1. The molecule has 1 aromatic rings. The number of Topliss-reactive ketones (excluding diaryl/α,β-unsaturated/α-hetero) is 1. The van der Waals surface area contributed by atoms with Gasteiger partial charge in [-0.05, 0) is 37.3 Å². The van der Waals surface area contributed by atoms with Gasteiger partial charge in [-0.25, -0.2) is 4.98 Å². The number of cyclic esters (lactones) is 1. The fourth-order valence-electron chi connectivity index (χ4n) is 4.96. The van der Waals surface area contributed by atoms with E-state index in [1.807, 2.05) is 25.3 Å².